The summed E-state index contributed by atoms with van der Waals surface area (Å²) in [7, 11) is -4.53. The number of Topliss-reactive ketones (excluding diaryl/α,β-unsaturated/α-hetero) is 6. The van der Waals surface area contributed by atoms with E-state index in [-0.39, 0.29) is 126 Å². The van der Waals surface area contributed by atoms with Gasteiger partial charge in [-0.15, -0.1) is 0 Å². The highest BCUT2D eigenvalue weighted by molar-refractivity contribution is 5.86. The average Bonchev–Trinajstić information content (AvgIpc) is 0.631. The second-order valence-electron chi connectivity index (χ2n) is 36.8. The van der Waals surface area contributed by atoms with E-state index >= 15 is 0 Å². The number of carbonyl (C=O) groups excluding carboxylic acids is 6. The topological polar surface area (TPSA) is 233 Å². The van der Waals surface area contributed by atoms with Gasteiger partial charge in [-0.25, -0.2) is 0 Å². The van der Waals surface area contributed by atoms with Gasteiger partial charge in [-0.3, -0.25) is 58.2 Å². The number of carbonyl (C=O) groups is 6. The standard InChI is InChI=1S/3C20H29NO3.3C19H27NO3/c3*1-5-13(2)8-15-12-21-7-6-14-9-19(23-3)20(24-4)10-16(14)17(21)11-18(15)22;3*1-12(2)7-14-11-20-6-5-13-8-18(22-3)19(23-4)9-15(13)16(20)10-17(14)21/h3*9-10,13,15,17H,5-8,11-12H2,1-4H3;3*8-9,12,14,16H,5-7,10-11H2,1-4H3/i2D3,5D2,6D2,7D2,8D2,9D,10D,11D2,12D2,13D,15D,17D;2D3,4D3,5D2,8D2,11D2,13D,15D;2D3,4D3,5D2,8D2,13D;4D3,10D2,14D;4D3,11D2;4D3. The Morgan fingerprint density at radius 2 is 0.667 bits per heavy atom. The fourth-order valence-electron chi connectivity index (χ4n) is 19.7. The lowest BCUT2D eigenvalue weighted by atomic mass is 9.79. The average molecular weight is 2010 g/mol. The molecule has 0 bridgehead atoms. The Balaban J connectivity index is 0.000000194. The summed E-state index contributed by atoms with van der Waals surface area (Å²) in [6.45, 7) is -5.12. The van der Waals surface area contributed by atoms with Crippen molar-refractivity contribution in [2.75, 3.05) is 163 Å². The Hall–Kier alpha value is -9.30. The maximum atomic E-state index is 14.1. The Morgan fingerprint density at radius 1 is 0.340 bits per heavy atom. The molecule has 12 aliphatic heterocycles. The zero-order valence-electron chi connectivity index (χ0n) is 141. The minimum absolute atomic E-state index is 0.000445. The monoisotopic (exact) mass is 2000 g/mol. The zero-order valence-corrected chi connectivity index (χ0v) is 82.3. The smallest absolute Gasteiger partial charge is 0.161 e. The van der Waals surface area contributed by atoms with Crippen LogP contribution in [0.3, 0.4) is 0 Å². The third-order valence-corrected chi connectivity index (χ3v) is 26.6. The highest BCUT2D eigenvalue weighted by atomic mass is 16.5. The SMILES string of the molecule is [2H]C([2H])([2H])Oc1cc2c(cc1OC)CCN1C2CC(=O)C(CC(C)C)C1([2H])[2H].[2H]C([2H])([2H])Oc1cc2c(cc1OC)CCN1CC(C([2H])([2H])C([2H])(C([2H])([2H])[2H])C([2H])([2H])C)C(=O)CC21.[2H]C([2H])([2H])Oc1cc2c(cc1OC)CCN1CC(CC(C)C)C(=O)CC21.[2H]C([2H])([2H])Oc1cc2c(cc1OC)CCN1CC([2H])(C([2H])([2H])C([2H])(C([2H])([2H])[2H])C([2H])([2H])C)C(=O)C([2H])([2H])C21.[2H]C([2H])([2H])Oc1cc2c(cc1OC)CCN1CC([2H])(CC(C)C)C(=O)C([2H])([2H])C21.[2H]c1c(OC)c(OC)c([2H])c2c1C([2H])([2H])C([2H])([2H])N1C([2H])([2H])C([2H])(C([2H])([2H])C([2H])(C([2H])([2H])[2H])C([2H])([2H])C)C(=O)C([2H])([2H])C21[2H]. The molecule has 141 heavy (non-hydrogen) atoms. The van der Waals surface area contributed by atoms with Crippen molar-refractivity contribution in [3.8, 4) is 69.0 Å². The summed E-state index contributed by atoms with van der Waals surface area (Å²) < 4.78 is 543. The Kier molecular flexibility index (Phi) is 19.4. The first-order valence-corrected chi connectivity index (χ1v) is 46.8. The molecule has 6 aromatic carbocycles. The van der Waals surface area contributed by atoms with E-state index in [1.807, 2.05) is 38.7 Å². The van der Waals surface area contributed by atoms with E-state index in [0.717, 1.165) is 80.5 Å². The van der Waals surface area contributed by atoms with Crippen LogP contribution in [0.15, 0.2) is 72.7 Å². The summed E-state index contributed by atoms with van der Waals surface area (Å²) in [5, 5.41) is 0. The summed E-state index contributed by atoms with van der Waals surface area (Å²) in [4.78, 5) is 87.9. The van der Waals surface area contributed by atoms with Gasteiger partial charge in [0.2, 0.25) is 0 Å². The molecule has 0 amide bonds. The lowest BCUT2D eigenvalue weighted by molar-refractivity contribution is -0.130. The second-order valence-corrected chi connectivity index (χ2v) is 36.8. The molecule has 6 fully saturated rings. The molecule has 0 radical (unpaired) electrons. The molecule has 0 saturated carbocycles. The van der Waals surface area contributed by atoms with Gasteiger partial charge in [-0.2, -0.15) is 0 Å². The third-order valence-electron chi connectivity index (χ3n) is 26.6. The third kappa shape index (κ3) is 25.6. The van der Waals surface area contributed by atoms with Crippen molar-refractivity contribution in [1.82, 2.24) is 29.4 Å². The van der Waals surface area contributed by atoms with E-state index in [2.05, 4.69) is 18.7 Å². The number of piperidine rings is 6. The number of benzene rings is 6. The van der Waals surface area contributed by atoms with Crippen molar-refractivity contribution in [3.05, 3.63) is 140 Å². The van der Waals surface area contributed by atoms with Crippen LogP contribution in [-0.4, -0.2) is 227 Å². The van der Waals surface area contributed by atoms with Crippen LogP contribution in [0.2, 0.25) is 0 Å². The van der Waals surface area contributed by atoms with Gasteiger partial charge in [0, 0.05) is 245 Å². The Bertz CT molecular complexity index is 8070. The predicted molar refractivity (Wildman–Crippen MR) is 555 cm³/mol. The number of hydrogen-bond acceptors (Lipinski definition) is 24. The maximum Gasteiger partial charge on any atom is 0.161 e. The summed E-state index contributed by atoms with van der Waals surface area (Å²) in [6, 6.07) is 6.49. The number of fused-ring (bicyclic) bond motifs is 18. The number of rotatable bonds is 27. The minimum atomic E-state index is -4.60. The van der Waals surface area contributed by atoms with Crippen molar-refractivity contribution >= 4 is 34.7 Å². The van der Waals surface area contributed by atoms with Gasteiger partial charge < -0.3 is 56.8 Å². The molecule has 18 rings (SSSR count). The molecular formula is C117H168N6O18. The van der Waals surface area contributed by atoms with Crippen LogP contribution < -0.4 is 56.8 Å². The van der Waals surface area contributed by atoms with Crippen molar-refractivity contribution in [2.45, 2.75) is 253 Å². The van der Waals surface area contributed by atoms with Crippen molar-refractivity contribution in [1.29, 1.82) is 0 Å². The Morgan fingerprint density at radius 3 is 1.06 bits per heavy atom. The number of methoxy groups -OCH3 is 12. The van der Waals surface area contributed by atoms with Crippen LogP contribution in [0, 0.1) is 70.9 Å². The maximum absolute atomic E-state index is 14.1. The first kappa shape index (κ1) is 54.8. The normalized spacial score (nSPS) is 37.4. The molecule has 15 unspecified atom stereocenters. The molecule has 24 nitrogen and oxygen atoms in total. The lowest BCUT2D eigenvalue weighted by Crippen LogP contribution is -2.46. The minimum Gasteiger partial charge on any atom is -0.493 e. The van der Waals surface area contributed by atoms with E-state index in [1.54, 1.807) is 40.1 Å². The van der Waals surface area contributed by atoms with Gasteiger partial charge in [-0.05, 0) is 252 Å². The molecule has 0 N–H and O–H groups in total. The molecule has 12 aliphatic rings. The summed E-state index contributed by atoms with van der Waals surface area (Å²) >= 11 is 0. The van der Waals surface area contributed by atoms with Gasteiger partial charge in [0.15, 0.2) is 69.0 Å². The van der Waals surface area contributed by atoms with Crippen LogP contribution in [0.4, 0.5) is 0 Å². The molecule has 15 atom stereocenters. The first-order chi connectivity index (χ1) is 90.2. The van der Waals surface area contributed by atoms with Crippen LogP contribution >= 0.6 is 0 Å². The van der Waals surface area contributed by atoms with Crippen molar-refractivity contribution in [3.63, 3.8) is 0 Å². The van der Waals surface area contributed by atoms with E-state index < -0.39 is 286 Å². The summed E-state index contributed by atoms with van der Waals surface area (Å²) in [5.41, 5.74) is 4.66. The number of hydrogen-bond donors (Lipinski definition) is 0. The van der Waals surface area contributed by atoms with Crippen LogP contribution in [0.5, 0.6) is 69.0 Å². The van der Waals surface area contributed by atoms with E-state index in [4.69, 9.17) is 136 Å². The molecule has 0 aromatic heterocycles. The van der Waals surface area contributed by atoms with E-state index in [9.17, 15) is 30.1 Å². The largest absolute Gasteiger partial charge is 0.493 e. The second kappa shape index (κ2) is 50.0. The Labute approximate surface area is 925 Å². The predicted octanol–water partition coefficient (Wildman–Crippen LogP) is 20.6. The number of ketones is 6. The van der Waals surface area contributed by atoms with E-state index in [1.165, 1.54) is 64.7 Å². The molecule has 0 spiro atoms. The summed E-state index contributed by atoms with van der Waals surface area (Å²) in [5.74, 6) is -27.0. The van der Waals surface area contributed by atoms with Gasteiger partial charge in [0.1, 0.15) is 34.7 Å². The highest BCUT2D eigenvalue weighted by Gasteiger charge is 2.47. The fourth-order valence-corrected chi connectivity index (χ4v) is 19.7. The molecule has 12 heterocycles. The molecule has 0 aliphatic carbocycles. The first-order valence-electron chi connectivity index (χ1n) is 76.3. The van der Waals surface area contributed by atoms with Gasteiger partial charge in [0.05, 0.1) is 110 Å². The highest BCUT2D eigenvalue weighted by Crippen LogP contribution is 2.51. The fraction of sp³-hybridized carbons (Fsp3) is 0.641. The van der Waals surface area contributed by atoms with Crippen LogP contribution in [-0.2, 0) is 67.2 Å². The summed E-state index contributed by atoms with van der Waals surface area (Å²) in [6.07, 6.45) is -29.0. The molecule has 24 heteroatoms. The lowest BCUT2D eigenvalue weighted by Gasteiger charge is -2.43. The number of nitrogens with zero attached hydrogens (tertiary/aromatic N) is 6. The van der Waals surface area contributed by atoms with Crippen molar-refractivity contribution < 1.29 is 166 Å². The van der Waals surface area contributed by atoms with Gasteiger partial charge >= 0.3 is 0 Å². The molecule has 6 saturated heterocycles. The van der Waals surface area contributed by atoms with E-state index in [0.29, 0.717) is 105 Å². The van der Waals surface area contributed by atoms with Crippen molar-refractivity contribution in [2.24, 2.45) is 70.9 Å². The molecule has 6 aromatic rings. The van der Waals surface area contributed by atoms with Crippen LogP contribution in [0.25, 0.3) is 0 Å². The molecular weight excluding hydrogens is 1780 g/mol. The van der Waals surface area contributed by atoms with Gasteiger partial charge in [0.25, 0.3) is 0 Å². The molecule has 774 valence electrons. The van der Waals surface area contributed by atoms with Gasteiger partial charge in [-0.1, -0.05) is 102 Å². The number of ether oxygens (including phenoxy) is 12. The quantitative estimate of drug-likeness (QED) is 0.0466. The van der Waals surface area contributed by atoms with Crippen LogP contribution in [0.1, 0.15) is 363 Å². The zero-order chi connectivity index (χ0) is 153.